The van der Waals surface area contributed by atoms with E-state index in [-0.39, 0.29) is 31.8 Å². The Morgan fingerprint density at radius 1 is 0.382 bits per heavy atom. The van der Waals surface area contributed by atoms with Gasteiger partial charge in [-0.1, -0.05) is 100 Å². The van der Waals surface area contributed by atoms with E-state index in [9.17, 15) is 9.59 Å². The molecule has 400 valence electrons. The van der Waals surface area contributed by atoms with E-state index < -0.39 is 91.7 Å². The summed E-state index contributed by atoms with van der Waals surface area (Å²) in [7, 11) is 0. The quantitative estimate of drug-likeness (QED) is 0.0429. The maximum atomic E-state index is 13.0. The Morgan fingerprint density at radius 2 is 0.735 bits per heavy atom. The zero-order valence-corrected chi connectivity index (χ0v) is 44.2. The van der Waals surface area contributed by atoms with Gasteiger partial charge >= 0.3 is 11.9 Å². The summed E-state index contributed by atoms with van der Waals surface area (Å²) in [5, 5.41) is 0. The Morgan fingerprint density at radius 3 is 1.15 bits per heavy atom. The van der Waals surface area contributed by atoms with Gasteiger partial charge in [-0.05, 0) is 51.9 Å². The lowest BCUT2D eigenvalue weighted by Gasteiger charge is -2.50. The summed E-state index contributed by atoms with van der Waals surface area (Å²) in [4.78, 5) is 25.9. The molecule has 3 fully saturated rings. The molecular weight excluding hydrogens is 881 g/mol. The summed E-state index contributed by atoms with van der Waals surface area (Å²) >= 11 is 0. The highest BCUT2D eigenvalue weighted by molar-refractivity contribution is 5.66. The lowest BCUT2D eigenvalue weighted by atomic mass is 9.88. The van der Waals surface area contributed by atoms with Crippen molar-refractivity contribution in [1.82, 2.24) is 0 Å². The van der Waals surface area contributed by atoms with Crippen LogP contribution in [0.3, 0.4) is 0 Å². The summed E-state index contributed by atoms with van der Waals surface area (Å²) in [6.45, 7) is 25.4. The molecule has 3 rings (SSSR count). The fourth-order valence-corrected chi connectivity index (χ4v) is 8.54. The van der Waals surface area contributed by atoms with Crippen molar-refractivity contribution in [2.24, 2.45) is 5.92 Å². The van der Waals surface area contributed by atoms with Crippen LogP contribution in [0.2, 0.25) is 0 Å². The average Bonchev–Trinajstić information content (AvgIpc) is 3.31. The number of hydrogen-bond donors (Lipinski definition) is 0. The normalized spacial score (nSPS) is 32.0. The van der Waals surface area contributed by atoms with Crippen molar-refractivity contribution >= 4 is 11.9 Å². The Balaban J connectivity index is 2.11. The minimum Gasteiger partial charge on any atom is -0.454 e. The summed E-state index contributed by atoms with van der Waals surface area (Å²) < 4.78 is 92.0. The molecule has 0 aliphatic carbocycles. The Hall–Kier alpha value is -1.54. The predicted octanol–water partition coefficient (Wildman–Crippen LogP) is 8.68. The van der Waals surface area contributed by atoms with Gasteiger partial charge in [-0.15, -0.1) is 0 Å². The largest absolute Gasteiger partial charge is 0.454 e. The lowest BCUT2D eigenvalue weighted by molar-refractivity contribution is -0.356. The molecule has 3 heterocycles. The standard InChI is InChI=1S/C52H96O16/c1-12-19-26-55-33-40-44(58-29-22-15-4)47(60-31-24-17-6)49(64-38(10)53)51(66-40)62-35-42-46(43(57-28-21-14-3)36(8)37(9)63-42)68-52-50(65-39(11)54)48(61-32-25-18-7)45(59-30-23-16-5)41(67-52)34-56-27-20-13-2/h36-37,40-52H,12-35H2,1-11H3/t36?,37-,40?,41?,42?,43-,44-,45-,46-,47+,48+,49?,50?,51+,52-/m1/s1. The highest BCUT2D eigenvalue weighted by Crippen LogP contribution is 2.37. The predicted molar refractivity (Wildman–Crippen MR) is 257 cm³/mol. The van der Waals surface area contributed by atoms with Gasteiger partial charge in [0.1, 0.15) is 48.8 Å². The van der Waals surface area contributed by atoms with Gasteiger partial charge in [0.2, 0.25) is 0 Å². The first kappa shape index (κ1) is 60.8. The smallest absolute Gasteiger partial charge is 0.303 e. The van der Waals surface area contributed by atoms with Gasteiger partial charge < -0.3 is 66.3 Å². The number of ether oxygens (including phenoxy) is 14. The number of hydrogen-bond acceptors (Lipinski definition) is 16. The number of unbranched alkanes of at least 4 members (excludes halogenated alkanes) is 7. The third kappa shape index (κ3) is 20.5. The summed E-state index contributed by atoms with van der Waals surface area (Å²) in [5.41, 5.74) is 0. The molecule has 0 N–H and O–H groups in total. The molecule has 15 atom stereocenters. The molecule has 16 nitrogen and oxygen atoms in total. The third-order valence-corrected chi connectivity index (χ3v) is 12.7. The van der Waals surface area contributed by atoms with Gasteiger partial charge in [-0.25, -0.2) is 0 Å². The molecule has 0 aromatic heterocycles. The van der Waals surface area contributed by atoms with Crippen molar-refractivity contribution in [3.63, 3.8) is 0 Å². The number of rotatable bonds is 37. The molecule has 0 radical (unpaired) electrons. The molecule has 0 aromatic carbocycles. The van der Waals surface area contributed by atoms with Crippen molar-refractivity contribution in [1.29, 1.82) is 0 Å². The van der Waals surface area contributed by atoms with E-state index in [1.54, 1.807) is 0 Å². The maximum Gasteiger partial charge on any atom is 0.303 e. The molecule has 3 saturated heterocycles. The van der Waals surface area contributed by atoms with E-state index in [1.165, 1.54) is 13.8 Å². The van der Waals surface area contributed by atoms with Gasteiger partial charge in [-0.3, -0.25) is 9.59 Å². The minimum absolute atomic E-state index is 0.0576. The van der Waals surface area contributed by atoms with Gasteiger partial charge in [-0.2, -0.15) is 0 Å². The molecule has 6 unspecified atom stereocenters. The van der Waals surface area contributed by atoms with Crippen LogP contribution in [0.25, 0.3) is 0 Å². The molecule has 68 heavy (non-hydrogen) atoms. The van der Waals surface area contributed by atoms with E-state index in [0.29, 0.717) is 46.2 Å². The van der Waals surface area contributed by atoms with Gasteiger partial charge in [0.25, 0.3) is 0 Å². The van der Waals surface area contributed by atoms with Crippen LogP contribution >= 0.6 is 0 Å². The number of esters is 2. The van der Waals surface area contributed by atoms with E-state index in [2.05, 4.69) is 55.4 Å². The summed E-state index contributed by atoms with van der Waals surface area (Å²) in [6.07, 6.45) is 2.13. The average molecular weight is 977 g/mol. The molecule has 0 bridgehead atoms. The summed E-state index contributed by atoms with van der Waals surface area (Å²) in [5.74, 6) is -1.14. The second kappa shape index (κ2) is 35.6. The maximum absolute atomic E-state index is 13.0. The van der Waals surface area contributed by atoms with Crippen LogP contribution in [0.5, 0.6) is 0 Å². The van der Waals surface area contributed by atoms with E-state index in [4.69, 9.17) is 66.3 Å². The van der Waals surface area contributed by atoms with Crippen molar-refractivity contribution in [2.45, 2.75) is 252 Å². The second-order valence-corrected chi connectivity index (χ2v) is 18.7. The van der Waals surface area contributed by atoms with Crippen LogP contribution in [0.4, 0.5) is 0 Å². The topological polar surface area (TPSA) is 163 Å². The lowest BCUT2D eigenvalue weighted by Crippen LogP contribution is -2.65. The fraction of sp³-hybridized carbons (Fsp3) is 0.962. The Labute approximate surface area is 410 Å². The minimum atomic E-state index is -1.13. The first-order valence-corrected chi connectivity index (χ1v) is 26.8. The Kier molecular flexibility index (Phi) is 31.8. The SMILES string of the molecule is CCCCOCC1O[C@H](O[C@@H]2C(CO[C@H]3OC(COCCCC)[C@@H](OCCCC)[C@H](OCCCC)C3OC(C)=O)O[C@H](C)C(C)[C@H]2OCCCC)C(OC(C)=O)[C@@H](OCCCC)[C@@H]1OCCCC. The van der Waals surface area contributed by atoms with Crippen LogP contribution < -0.4 is 0 Å². The van der Waals surface area contributed by atoms with Crippen LogP contribution in [0.15, 0.2) is 0 Å². The van der Waals surface area contributed by atoms with Crippen LogP contribution in [0, 0.1) is 5.92 Å². The molecule has 0 aromatic rings. The summed E-state index contributed by atoms with van der Waals surface area (Å²) in [6, 6.07) is 0. The van der Waals surface area contributed by atoms with Gasteiger partial charge in [0.15, 0.2) is 24.8 Å². The van der Waals surface area contributed by atoms with Crippen molar-refractivity contribution in [3.8, 4) is 0 Å². The van der Waals surface area contributed by atoms with E-state index in [0.717, 1.165) is 89.9 Å². The molecular formula is C52H96O16. The Bertz CT molecular complexity index is 1290. The third-order valence-electron chi connectivity index (χ3n) is 12.7. The first-order chi connectivity index (χ1) is 33.0. The van der Waals surface area contributed by atoms with E-state index in [1.807, 2.05) is 6.92 Å². The molecule has 16 heteroatoms. The highest BCUT2D eigenvalue weighted by Gasteiger charge is 2.55. The zero-order chi connectivity index (χ0) is 49.7. The van der Waals surface area contributed by atoms with Gasteiger partial charge in [0.05, 0.1) is 32.0 Å². The van der Waals surface area contributed by atoms with Crippen molar-refractivity contribution < 1.29 is 75.9 Å². The van der Waals surface area contributed by atoms with Crippen molar-refractivity contribution in [2.75, 3.05) is 66.1 Å². The van der Waals surface area contributed by atoms with Crippen LogP contribution in [-0.2, 0) is 75.9 Å². The molecule has 0 spiro atoms. The second-order valence-electron chi connectivity index (χ2n) is 18.7. The molecule has 3 aliphatic heterocycles. The van der Waals surface area contributed by atoms with E-state index >= 15 is 0 Å². The van der Waals surface area contributed by atoms with Crippen LogP contribution in [-0.4, -0.2) is 164 Å². The molecule has 0 saturated carbocycles. The molecule has 0 amide bonds. The monoisotopic (exact) mass is 977 g/mol. The number of carbonyl (C=O) groups is 2. The van der Waals surface area contributed by atoms with Crippen molar-refractivity contribution in [3.05, 3.63) is 0 Å². The van der Waals surface area contributed by atoms with Crippen LogP contribution in [0.1, 0.15) is 166 Å². The fourth-order valence-electron chi connectivity index (χ4n) is 8.54. The zero-order valence-electron chi connectivity index (χ0n) is 44.2. The molecule has 3 aliphatic rings. The van der Waals surface area contributed by atoms with Gasteiger partial charge in [0, 0.05) is 66.0 Å². The number of carbonyl (C=O) groups excluding carboxylic acids is 2. The first-order valence-electron chi connectivity index (χ1n) is 26.8. The highest BCUT2D eigenvalue weighted by atomic mass is 16.8.